The Hall–Kier alpha value is -2.25. The number of nitrogens with zero attached hydrogens (tertiary/aromatic N) is 2. The van der Waals surface area contributed by atoms with Gasteiger partial charge in [-0.3, -0.25) is 0 Å². The predicted octanol–water partition coefficient (Wildman–Crippen LogP) is 0.833. The molecule has 20 heavy (non-hydrogen) atoms. The average Bonchev–Trinajstić information content (AvgIpc) is 2.67. The van der Waals surface area contributed by atoms with Crippen molar-refractivity contribution < 1.29 is 19.4 Å². The number of rotatable bonds is 5. The first kappa shape index (κ1) is 15.8. The van der Waals surface area contributed by atoms with E-state index in [1.165, 1.54) is 6.20 Å². The van der Waals surface area contributed by atoms with Crippen molar-refractivity contribution in [3.8, 4) is 0 Å². The van der Waals surface area contributed by atoms with Crippen LogP contribution in [0.4, 0.5) is 10.7 Å². The molecule has 1 heterocycles. The molecule has 0 fully saturated rings. The minimum absolute atomic E-state index is 0.176. The molecule has 1 aromatic rings. The first-order valence-corrected chi connectivity index (χ1v) is 6.18. The Balaban J connectivity index is 2.55. The highest BCUT2D eigenvalue weighted by molar-refractivity contribution is 5.79. The molecule has 1 aromatic heterocycles. The Morgan fingerprint density at radius 2 is 2.20 bits per heavy atom. The number of anilines is 1. The number of amides is 1. The molecule has 0 saturated carbocycles. The van der Waals surface area contributed by atoms with Crippen LogP contribution in [0.1, 0.15) is 27.2 Å². The van der Waals surface area contributed by atoms with Crippen LogP contribution in [0.5, 0.6) is 0 Å². The highest BCUT2D eigenvalue weighted by Gasteiger charge is 2.23. The molecule has 1 unspecified atom stereocenters. The number of aryl methyl sites for hydroxylation is 1. The molecule has 0 spiro atoms. The van der Waals surface area contributed by atoms with Gasteiger partial charge in [0.2, 0.25) is 0 Å². The highest BCUT2D eigenvalue weighted by atomic mass is 16.6. The van der Waals surface area contributed by atoms with E-state index in [0.29, 0.717) is 12.5 Å². The lowest BCUT2D eigenvalue weighted by molar-refractivity contribution is -0.139. The number of carbonyl (C=O) groups is 2. The van der Waals surface area contributed by atoms with Gasteiger partial charge in [0.25, 0.3) is 0 Å². The van der Waals surface area contributed by atoms with Gasteiger partial charge >= 0.3 is 12.1 Å². The van der Waals surface area contributed by atoms with E-state index in [1.807, 2.05) is 0 Å². The molecule has 8 heteroatoms. The lowest BCUT2D eigenvalue weighted by atomic mass is 10.2. The number of carboxylic acid groups (broad SMARTS) is 1. The maximum atomic E-state index is 11.6. The standard InChI is InChI=1S/C12H20N4O4/c1-12(2,3)20-11(19)15-8(9(17)18)4-6-16-7-5-14-10(16)13/h5,7-8H,4,6H2,1-3H3,(H2,13,14)(H,15,19)(H,17,18). The number of nitrogens with one attached hydrogen (secondary N) is 1. The smallest absolute Gasteiger partial charge is 0.408 e. The second-order valence-corrected chi connectivity index (χ2v) is 5.30. The quantitative estimate of drug-likeness (QED) is 0.736. The minimum Gasteiger partial charge on any atom is -0.480 e. The molecule has 0 radical (unpaired) electrons. The predicted molar refractivity (Wildman–Crippen MR) is 72.0 cm³/mol. The summed E-state index contributed by atoms with van der Waals surface area (Å²) in [7, 11) is 0. The van der Waals surface area contributed by atoms with Crippen molar-refractivity contribution in [3.05, 3.63) is 12.4 Å². The molecule has 8 nitrogen and oxygen atoms in total. The molecule has 0 aliphatic heterocycles. The van der Waals surface area contributed by atoms with E-state index >= 15 is 0 Å². The summed E-state index contributed by atoms with van der Waals surface area (Å²) in [6.07, 6.45) is 2.58. The summed E-state index contributed by atoms with van der Waals surface area (Å²) in [5.74, 6) is -0.832. The molecule has 0 saturated heterocycles. The van der Waals surface area contributed by atoms with Crippen molar-refractivity contribution in [2.45, 2.75) is 45.4 Å². The van der Waals surface area contributed by atoms with E-state index in [2.05, 4.69) is 10.3 Å². The van der Waals surface area contributed by atoms with Gasteiger partial charge in [-0.1, -0.05) is 0 Å². The zero-order valence-corrected chi connectivity index (χ0v) is 11.8. The maximum Gasteiger partial charge on any atom is 0.408 e. The number of nitrogen functional groups attached to an aromatic ring is 1. The Morgan fingerprint density at radius 3 is 2.65 bits per heavy atom. The minimum atomic E-state index is -1.13. The topological polar surface area (TPSA) is 119 Å². The van der Waals surface area contributed by atoms with Gasteiger partial charge in [0.1, 0.15) is 11.6 Å². The number of carboxylic acids is 1. The van der Waals surface area contributed by atoms with E-state index in [0.717, 1.165) is 0 Å². The fourth-order valence-electron chi connectivity index (χ4n) is 1.51. The van der Waals surface area contributed by atoms with Crippen LogP contribution in [0, 0.1) is 0 Å². The van der Waals surface area contributed by atoms with Crippen molar-refractivity contribution in [2.75, 3.05) is 5.73 Å². The first-order chi connectivity index (χ1) is 9.19. The van der Waals surface area contributed by atoms with Gasteiger partial charge < -0.3 is 25.5 Å². The Labute approximate surface area is 116 Å². The van der Waals surface area contributed by atoms with Gasteiger partial charge in [0, 0.05) is 18.9 Å². The molecule has 0 aliphatic rings. The van der Waals surface area contributed by atoms with Crippen molar-refractivity contribution in [1.29, 1.82) is 0 Å². The van der Waals surface area contributed by atoms with Crippen LogP contribution in [0.25, 0.3) is 0 Å². The monoisotopic (exact) mass is 284 g/mol. The third-order valence-corrected chi connectivity index (χ3v) is 2.40. The van der Waals surface area contributed by atoms with E-state index < -0.39 is 23.7 Å². The van der Waals surface area contributed by atoms with Gasteiger partial charge in [-0.15, -0.1) is 0 Å². The third kappa shape index (κ3) is 5.17. The van der Waals surface area contributed by atoms with Gasteiger partial charge in [-0.2, -0.15) is 0 Å². The van der Waals surface area contributed by atoms with E-state index in [9.17, 15) is 9.59 Å². The number of aromatic nitrogens is 2. The molecule has 0 bridgehead atoms. The molecular weight excluding hydrogens is 264 g/mol. The van der Waals surface area contributed by atoms with E-state index in [1.54, 1.807) is 31.5 Å². The van der Waals surface area contributed by atoms with Gasteiger partial charge in [0.15, 0.2) is 5.95 Å². The van der Waals surface area contributed by atoms with Crippen LogP contribution >= 0.6 is 0 Å². The van der Waals surface area contributed by atoms with Gasteiger partial charge in [-0.05, 0) is 27.2 Å². The molecule has 0 aromatic carbocycles. The number of alkyl carbamates (subject to hydrolysis) is 1. The summed E-state index contributed by atoms with van der Waals surface area (Å²) < 4.78 is 6.63. The van der Waals surface area contributed by atoms with Crippen LogP contribution in [-0.2, 0) is 16.1 Å². The summed E-state index contributed by atoms with van der Waals surface area (Å²) >= 11 is 0. The third-order valence-electron chi connectivity index (χ3n) is 2.40. The number of hydrogen-bond acceptors (Lipinski definition) is 5. The van der Waals surface area contributed by atoms with Gasteiger partial charge in [-0.25, -0.2) is 14.6 Å². The number of ether oxygens (including phenoxy) is 1. The molecular formula is C12H20N4O4. The van der Waals surface area contributed by atoms with E-state index in [-0.39, 0.29) is 6.42 Å². The zero-order valence-electron chi connectivity index (χ0n) is 11.8. The summed E-state index contributed by atoms with van der Waals surface area (Å²) in [4.78, 5) is 26.5. The molecule has 1 amide bonds. The van der Waals surface area contributed by atoms with Crippen LogP contribution < -0.4 is 11.1 Å². The number of carbonyl (C=O) groups excluding carboxylic acids is 1. The average molecular weight is 284 g/mol. The molecule has 112 valence electrons. The maximum absolute atomic E-state index is 11.6. The van der Waals surface area contributed by atoms with Crippen LogP contribution in [0.2, 0.25) is 0 Å². The summed E-state index contributed by atoms with van der Waals surface area (Å²) in [5, 5.41) is 11.4. The second kappa shape index (κ2) is 6.27. The largest absolute Gasteiger partial charge is 0.480 e. The highest BCUT2D eigenvalue weighted by Crippen LogP contribution is 2.08. The Morgan fingerprint density at radius 1 is 1.55 bits per heavy atom. The lowest BCUT2D eigenvalue weighted by Gasteiger charge is -2.22. The number of hydrogen-bond donors (Lipinski definition) is 3. The Bertz CT molecular complexity index is 478. The van der Waals surface area contributed by atoms with E-state index in [4.69, 9.17) is 15.6 Å². The fraction of sp³-hybridized carbons (Fsp3) is 0.583. The first-order valence-electron chi connectivity index (χ1n) is 6.18. The number of imidazole rings is 1. The van der Waals surface area contributed by atoms with Crippen LogP contribution in [-0.4, -0.2) is 38.4 Å². The molecule has 1 atom stereocenters. The lowest BCUT2D eigenvalue weighted by Crippen LogP contribution is -2.44. The summed E-state index contributed by atoms with van der Waals surface area (Å²) in [6, 6.07) is -1.05. The SMILES string of the molecule is CC(C)(C)OC(=O)NC(CCn1ccnc1N)C(=O)O. The number of aliphatic carboxylic acids is 1. The summed E-state index contributed by atoms with van der Waals surface area (Å²) in [5.41, 5.74) is 4.90. The second-order valence-electron chi connectivity index (χ2n) is 5.30. The fourth-order valence-corrected chi connectivity index (χ4v) is 1.51. The zero-order chi connectivity index (χ0) is 15.3. The molecule has 0 aliphatic carbocycles. The van der Waals surface area contributed by atoms with Crippen molar-refractivity contribution >= 4 is 18.0 Å². The van der Waals surface area contributed by atoms with Crippen LogP contribution in [0.15, 0.2) is 12.4 Å². The van der Waals surface area contributed by atoms with Crippen molar-refractivity contribution in [1.82, 2.24) is 14.9 Å². The Kier molecular flexibility index (Phi) is 4.95. The molecule has 1 rings (SSSR count). The van der Waals surface area contributed by atoms with Crippen LogP contribution in [0.3, 0.4) is 0 Å². The van der Waals surface area contributed by atoms with Gasteiger partial charge in [0.05, 0.1) is 0 Å². The van der Waals surface area contributed by atoms with Crippen molar-refractivity contribution in [2.24, 2.45) is 0 Å². The normalized spacial score (nSPS) is 12.8. The molecule has 4 N–H and O–H groups in total. The summed E-state index contributed by atoms with van der Waals surface area (Å²) in [6.45, 7) is 5.44. The van der Waals surface area contributed by atoms with Crippen molar-refractivity contribution in [3.63, 3.8) is 0 Å². The number of nitrogens with two attached hydrogens (primary N) is 1.